The van der Waals surface area contributed by atoms with Crippen LogP contribution >= 0.6 is 0 Å². The average Bonchev–Trinajstić information content (AvgIpc) is 2.59. The fourth-order valence-corrected chi connectivity index (χ4v) is 2.54. The van der Waals surface area contributed by atoms with Crippen LogP contribution in [-0.4, -0.2) is 40.2 Å². The molecule has 26 heavy (non-hydrogen) atoms. The summed E-state index contributed by atoms with van der Waals surface area (Å²) >= 11 is 0. The number of nitrogens with zero attached hydrogens (tertiary/aromatic N) is 3. The van der Waals surface area contributed by atoms with Crippen LogP contribution in [0.1, 0.15) is 30.3 Å². The summed E-state index contributed by atoms with van der Waals surface area (Å²) in [6, 6.07) is 7.90. The number of aryl methyl sites for hydroxylation is 1. The number of hydrogen-bond donors (Lipinski definition) is 4. The second kappa shape index (κ2) is 9.41. The van der Waals surface area contributed by atoms with Gasteiger partial charge in [0.1, 0.15) is 5.82 Å². The molecule has 0 radical (unpaired) electrons. The highest BCUT2D eigenvalue weighted by Crippen LogP contribution is 2.10. The summed E-state index contributed by atoms with van der Waals surface area (Å²) in [4.78, 5) is 12.9. The Morgan fingerprint density at radius 1 is 1.04 bits per heavy atom. The van der Waals surface area contributed by atoms with Crippen LogP contribution < -0.4 is 16.4 Å². The molecule has 1 aromatic carbocycles. The molecule has 0 bridgehead atoms. The van der Waals surface area contributed by atoms with Crippen molar-refractivity contribution in [3.05, 3.63) is 41.2 Å². The van der Waals surface area contributed by atoms with Crippen LogP contribution in [0.3, 0.4) is 0 Å². The van der Waals surface area contributed by atoms with Gasteiger partial charge in [0.05, 0.1) is 5.75 Å². The number of benzene rings is 1. The van der Waals surface area contributed by atoms with Crippen LogP contribution in [-0.2, 0) is 29.6 Å². The molecule has 1 aromatic heterocycles. The number of anilines is 2. The van der Waals surface area contributed by atoms with Gasteiger partial charge >= 0.3 is 0 Å². The van der Waals surface area contributed by atoms with E-state index in [1.165, 1.54) is 0 Å². The molecule has 0 fully saturated rings. The minimum absolute atomic E-state index is 0.00834. The van der Waals surface area contributed by atoms with Gasteiger partial charge in [0, 0.05) is 26.1 Å². The normalized spacial score (nSPS) is 11.3. The molecule has 1 heterocycles. The summed E-state index contributed by atoms with van der Waals surface area (Å²) in [5.41, 5.74) is 7.71. The van der Waals surface area contributed by atoms with Crippen molar-refractivity contribution in [2.45, 2.75) is 32.9 Å². The van der Waals surface area contributed by atoms with Crippen molar-refractivity contribution in [3.8, 4) is 0 Å². The lowest BCUT2D eigenvalue weighted by molar-refractivity contribution is 0.484. The van der Waals surface area contributed by atoms with Gasteiger partial charge in [0.2, 0.25) is 11.9 Å². The Bertz CT molecular complexity index is 811. The lowest BCUT2D eigenvalue weighted by Crippen LogP contribution is -2.17. The Balaban J connectivity index is 2.05. The molecule has 0 aliphatic rings. The molecular formula is C16H24N6O3S. The van der Waals surface area contributed by atoms with Crippen molar-refractivity contribution in [1.82, 2.24) is 15.0 Å². The highest BCUT2D eigenvalue weighted by atomic mass is 32.2. The number of aromatic nitrogens is 3. The Hall–Kier alpha value is -2.30. The third kappa shape index (κ3) is 6.90. The van der Waals surface area contributed by atoms with Crippen molar-refractivity contribution in [2.75, 3.05) is 22.9 Å². The van der Waals surface area contributed by atoms with Crippen LogP contribution in [0.25, 0.3) is 0 Å². The standard InChI is InChI=1S/C16H24N6O3S/c1-2-3-14-20-15(18-8-9-26(23,24)25)22-16(21-14)19-11-13-6-4-12(10-17)5-7-13/h4-7H,2-3,8-11,17H2,1H3,(H,23,24,25)(H2,18,19,20,21,22). The SMILES string of the molecule is CCCc1nc(NCCS(=O)(=O)O)nc(NCc2ccc(CN)cc2)n1. The quantitative estimate of drug-likeness (QED) is 0.447. The summed E-state index contributed by atoms with van der Waals surface area (Å²) < 4.78 is 30.4. The monoisotopic (exact) mass is 380 g/mol. The molecule has 0 aliphatic carbocycles. The molecule has 0 atom stereocenters. The van der Waals surface area contributed by atoms with E-state index in [9.17, 15) is 8.42 Å². The van der Waals surface area contributed by atoms with Crippen LogP contribution in [0, 0.1) is 0 Å². The van der Waals surface area contributed by atoms with E-state index in [1.54, 1.807) is 0 Å². The zero-order valence-electron chi connectivity index (χ0n) is 14.6. The van der Waals surface area contributed by atoms with Gasteiger partial charge in [-0.1, -0.05) is 31.2 Å². The molecule has 2 aromatic rings. The summed E-state index contributed by atoms with van der Waals surface area (Å²) in [7, 11) is -4.04. The molecule has 142 valence electrons. The topological polar surface area (TPSA) is 143 Å². The molecular weight excluding hydrogens is 356 g/mol. The van der Waals surface area contributed by atoms with Gasteiger partial charge in [-0.05, 0) is 17.5 Å². The molecule has 0 saturated heterocycles. The Labute approximate surface area is 153 Å². The number of nitrogens with two attached hydrogens (primary N) is 1. The first-order valence-electron chi connectivity index (χ1n) is 8.35. The van der Waals surface area contributed by atoms with E-state index in [1.807, 2.05) is 31.2 Å². The lowest BCUT2D eigenvalue weighted by Gasteiger charge is -2.10. The molecule has 2 rings (SSSR count). The van der Waals surface area contributed by atoms with E-state index >= 15 is 0 Å². The molecule has 9 nitrogen and oxygen atoms in total. The van der Waals surface area contributed by atoms with Crippen molar-refractivity contribution in [1.29, 1.82) is 0 Å². The summed E-state index contributed by atoms with van der Waals surface area (Å²) in [6.45, 7) is 3.06. The van der Waals surface area contributed by atoms with E-state index in [0.29, 0.717) is 31.3 Å². The smallest absolute Gasteiger partial charge is 0.266 e. The lowest BCUT2D eigenvalue weighted by atomic mass is 10.1. The van der Waals surface area contributed by atoms with Gasteiger partial charge in [-0.15, -0.1) is 0 Å². The third-order valence-electron chi connectivity index (χ3n) is 3.51. The Kier molecular flexibility index (Phi) is 7.25. The highest BCUT2D eigenvalue weighted by molar-refractivity contribution is 7.85. The minimum atomic E-state index is -4.04. The van der Waals surface area contributed by atoms with Crippen molar-refractivity contribution < 1.29 is 13.0 Å². The second-order valence-corrected chi connectivity index (χ2v) is 7.31. The highest BCUT2D eigenvalue weighted by Gasteiger charge is 2.08. The zero-order chi connectivity index (χ0) is 19.0. The molecule has 0 saturated carbocycles. The third-order valence-corrected chi connectivity index (χ3v) is 4.23. The van der Waals surface area contributed by atoms with Gasteiger partial charge in [-0.3, -0.25) is 4.55 Å². The second-order valence-electron chi connectivity index (χ2n) is 5.74. The van der Waals surface area contributed by atoms with Crippen molar-refractivity contribution >= 4 is 22.0 Å². The molecule has 0 aliphatic heterocycles. The Morgan fingerprint density at radius 2 is 1.65 bits per heavy atom. The predicted molar refractivity (Wildman–Crippen MR) is 100 cm³/mol. The predicted octanol–water partition coefficient (Wildman–Crippen LogP) is 1.19. The van der Waals surface area contributed by atoms with Gasteiger partial charge in [-0.25, -0.2) is 0 Å². The Morgan fingerprint density at radius 3 is 2.23 bits per heavy atom. The molecule has 0 amide bonds. The number of nitrogens with one attached hydrogen (secondary N) is 2. The first-order valence-corrected chi connectivity index (χ1v) is 9.96. The van der Waals surface area contributed by atoms with E-state index in [-0.39, 0.29) is 12.5 Å². The van der Waals surface area contributed by atoms with Crippen molar-refractivity contribution in [2.24, 2.45) is 5.73 Å². The first-order chi connectivity index (χ1) is 12.4. The maximum atomic E-state index is 10.8. The molecule has 10 heteroatoms. The average molecular weight is 380 g/mol. The van der Waals surface area contributed by atoms with Crippen LogP contribution in [0.2, 0.25) is 0 Å². The van der Waals surface area contributed by atoms with E-state index in [0.717, 1.165) is 17.5 Å². The molecule has 5 N–H and O–H groups in total. The zero-order valence-corrected chi connectivity index (χ0v) is 15.5. The molecule has 0 unspecified atom stereocenters. The van der Waals surface area contributed by atoms with Gasteiger partial charge in [0.15, 0.2) is 0 Å². The fraction of sp³-hybridized carbons (Fsp3) is 0.438. The maximum Gasteiger partial charge on any atom is 0.266 e. The van der Waals surface area contributed by atoms with Crippen LogP contribution in [0.4, 0.5) is 11.9 Å². The fourth-order valence-electron chi connectivity index (χ4n) is 2.18. The van der Waals surface area contributed by atoms with Gasteiger partial charge in [0.25, 0.3) is 10.1 Å². The minimum Gasteiger partial charge on any atom is -0.353 e. The number of hydrogen-bond acceptors (Lipinski definition) is 8. The van der Waals surface area contributed by atoms with Crippen LogP contribution in [0.5, 0.6) is 0 Å². The van der Waals surface area contributed by atoms with Crippen molar-refractivity contribution in [3.63, 3.8) is 0 Å². The van der Waals surface area contributed by atoms with Gasteiger partial charge in [-0.2, -0.15) is 23.4 Å². The summed E-state index contributed by atoms with van der Waals surface area (Å²) in [5.74, 6) is 0.865. The van der Waals surface area contributed by atoms with Gasteiger partial charge < -0.3 is 16.4 Å². The largest absolute Gasteiger partial charge is 0.353 e. The van der Waals surface area contributed by atoms with E-state index in [2.05, 4.69) is 25.6 Å². The van der Waals surface area contributed by atoms with Crippen LogP contribution in [0.15, 0.2) is 24.3 Å². The van der Waals surface area contributed by atoms with E-state index in [4.69, 9.17) is 10.3 Å². The summed E-state index contributed by atoms with van der Waals surface area (Å²) in [6.07, 6.45) is 1.55. The van der Waals surface area contributed by atoms with E-state index < -0.39 is 15.9 Å². The molecule has 0 spiro atoms. The summed E-state index contributed by atoms with van der Waals surface area (Å²) in [5, 5.41) is 5.94. The number of rotatable bonds is 10. The first kappa shape index (κ1) is 20.0. The maximum absolute atomic E-state index is 10.8.